The van der Waals surface area contributed by atoms with Gasteiger partial charge < -0.3 is 10.4 Å². The molecule has 0 spiro atoms. The maximum absolute atomic E-state index is 12.1. The van der Waals surface area contributed by atoms with Gasteiger partial charge >= 0.3 is 0 Å². The quantitative estimate of drug-likeness (QED) is 0.560. The Bertz CT molecular complexity index is 750. The van der Waals surface area contributed by atoms with Gasteiger partial charge in [-0.3, -0.25) is 10.1 Å². The third-order valence-corrected chi connectivity index (χ3v) is 3.56. The van der Waals surface area contributed by atoms with E-state index in [9.17, 15) is 9.90 Å². The zero-order valence-electron chi connectivity index (χ0n) is 11.5. The summed E-state index contributed by atoms with van der Waals surface area (Å²) in [6.45, 7) is 1.85. The van der Waals surface area contributed by atoms with Gasteiger partial charge in [0.05, 0.1) is 16.3 Å². The van der Waals surface area contributed by atoms with Crippen molar-refractivity contribution in [3.05, 3.63) is 57.6 Å². The number of nitrogens with one attached hydrogen (secondary N) is 2. The van der Waals surface area contributed by atoms with Gasteiger partial charge in [0.25, 0.3) is 5.91 Å². The Balaban J connectivity index is 2.06. The molecule has 0 unspecified atom stereocenters. The summed E-state index contributed by atoms with van der Waals surface area (Å²) in [5.74, 6) is -0.424. The van der Waals surface area contributed by atoms with Gasteiger partial charge in [-0.15, -0.1) is 0 Å². The lowest BCUT2D eigenvalue weighted by molar-refractivity contribution is 0.0978. The Labute approximate surface area is 143 Å². The molecule has 0 aliphatic rings. The first-order chi connectivity index (χ1) is 10.4. The highest BCUT2D eigenvalue weighted by molar-refractivity contribution is 7.80. The minimum absolute atomic E-state index is 0.0427. The van der Waals surface area contributed by atoms with E-state index in [2.05, 4.69) is 10.6 Å². The number of halogens is 2. The van der Waals surface area contributed by atoms with E-state index in [0.29, 0.717) is 10.7 Å². The van der Waals surface area contributed by atoms with Gasteiger partial charge in [0.2, 0.25) is 0 Å². The molecule has 0 bridgehead atoms. The second-order valence-corrected chi connectivity index (χ2v) is 5.80. The largest absolute Gasteiger partial charge is 0.506 e. The summed E-state index contributed by atoms with van der Waals surface area (Å²) in [6.07, 6.45) is 0. The smallest absolute Gasteiger partial charge is 0.258 e. The minimum atomic E-state index is -0.467. The van der Waals surface area contributed by atoms with Crippen LogP contribution < -0.4 is 10.6 Å². The first kappa shape index (κ1) is 16.5. The molecule has 0 atom stereocenters. The number of benzene rings is 2. The number of phenols is 1. The number of carbonyl (C=O) groups is 1. The number of thiocarbonyl (C=S) groups is 1. The van der Waals surface area contributed by atoms with Gasteiger partial charge in [-0.05, 0) is 55.0 Å². The van der Waals surface area contributed by atoms with Gasteiger partial charge in [0, 0.05) is 5.02 Å². The standard InChI is InChI=1S/C15H12Cl2N2O2S/c1-8-2-5-12(13(20)6-8)18-15(22)19-14(21)10-4-3-9(16)7-11(10)17/h2-7,20H,1H3,(H2,18,19,21,22). The number of hydrogen-bond donors (Lipinski definition) is 3. The van der Waals surface area contributed by atoms with E-state index in [1.807, 2.05) is 13.0 Å². The van der Waals surface area contributed by atoms with Crippen LogP contribution in [0.15, 0.2) is 36.4 Å². The molecule has 2 aromatic rings. The second-order valence-electron chi connectivity index (χ2n) is 4.55. The lowest BCUT2D eigenvalue weighted by Gasteiger charge is -2.12. The van der Waals surface area contributed by atoms with E-state index in [1.54, 1.807) is 18.2 Å². The van der Waals surface area contributed by atoms with E-state index in [-0.39, 0.29) is 21.4 Å². The number of anilines is 1. The van der Waals surface area contributed by atoms with Crippen molar-refractivity contribution in [3.63, 3.8) is 0 Å². The number of hydrogen-bond acceptors (Lipinski definition) is 3. The van der Waals surface area contributed by atoms with Crippen molar-refractivity contribution < 1.29 is 9.90 Å². The molecule has 4 nitrogen and oxygen atoms in total. The van der Waals surface area contributed by atoms with Gasteiger partial charge in [-0.2, -0.15) is 0 Å². The van der Waals surface area contributed by atoms with Crippen LogP contribution in [0.25, 0.3) is 0 Å². The molecule has 1 amide bonds. The SMILES string of the molecule is Cc1ccc(NC(=S)NC(=O)c2ccc(Cl)cc2Cl)c(O)c1. The van der Waals surface area contributed by atoms with Gasteiger partial charge in [0.1, 0.15) is 5.75 Å². The summed E-state index contributed by atoms with van der Waals surface area (Å²) >= 11 is 16.8. The lowest BCUT2D eigenvalue weighted by atomic mass is 10.2. The molecular weight excluding hydrogens is 343 g/mol. The number of amides is 1. The molecule has 0 aromatic heterocycles. The van der Waals surface area contributed by atoms with Crippen molar-refractivity contribution in [1.29, 1.82) is 0 Å². The predicted molar refractivity (Wildman–Crippen MR) is 93.0 cm³/mol. The van der Waals surface area contributed by atoms with Crippen molar-refractivity contribution in [2.24, 2.45) is 0 Å². The molecule has 0 saturated carbocycles. The van der Waals surface area contributed by atoms with Crippen molar-refractivity contribution in [2.45, 2.75) is 6.92 Å². The van der Waals surface area contributed by atoms with Crippen LogP contribution >= 0.6 is 35.4 Å². The molecule has 0 saturated heterocycles. The van der Waals surface area contributed by atoms with E-state index in [0.717, 1.165) is 5.56 Å². The molecule has 0 heterocycles. The van der Waals surface area contributed by atoms with E-state index in [1.165, 1.54) is 12.1 Å². The molecular formula is C15H12Cl2N2O2S. The third-order valence-electron chi connectivity index (χ3n) is 2.80. The average Bonchev–Trinajstić information content (AvgIpc) is 2.41. The third kappa shape index (κ3) is 4.10. The van der Waals surface area contributed by atoms with Gasteiger partial charge in [-0.25, -0.2) is 0 Å². The van der Waals surface area contributed by atoms with E-state index < -0.39 is 5.91 Å². The number of phenolic OH excluding ortho intramolecular Hbond substituents is 1. The topological polar surface area (TPSA) is 61.4 Å². The van der Waals surface area contributed by atoms with Crippen LogP contribution in [0.4, 0.5) is 5.69 Å². The second kappa shape index (κ2) is 6.96. The minimum Gasteiger partial charge on any atom is -0.506 e. The Morgan fingerprint density at radius 3 is 2.55 bits per heavy atom. The fourth-order valence-electron chi connectivity index (χ4n) is 1.75. The van der Waals surface area contributed by atoms with Crippen LogP contribution in [0.3, 0.4) is 0 Å². The molecule has 0 aliphatic carbocycles. The molecule has 0 aliphatic heterocycles. The fourth-order valence-corrected chi connectivity index (χ4v) is 2.44. The number of rotatable bonds is 2. The molecule has 3 N–H and O–H groups in total. The zero-order valence-corrected chi connectivity index (χ0v) is 13.8. The van der Waals surface area contributed by atoms with Crippen LogP contribution in [0, 0.1) is 6.92 Å². The van der Waals surface area contributed by atoms with Crippen molar-refractivity contribution in [1.82, 2.24) is 5.32 Å². The molecule has 114 valence electrons. The van der Waals surface area contributed by atoms with E-state index >= 15 is 0 Å². The fraction of sp³-hybridized carbons (Fsp3) is 0.0667. The first-order valence-corrected chi connectivity index (χ1v) is 7.40. The summed E-state index contributed by atoms with van der Waals surface area (Å²) in [7, 11) is 0. The van der Waals surface area contributed by atoms with Gasteiger partial charge in [0.15, 0.2) is 5.11 Å². The van der Waals surface area contributed by atoms with Crippen LogP contribution in [0.5, 0.6) is 5.75 Å². The Morgan fingerprint density at radius 1 is 1.18 bits per heavy atom. The Morgan fingerprint density at radius 2 is 1.91 bits per heavy atom. The Kier molecular flexibility index (Phi) is 5.24. The molecule has 0 fully saturated rings. The molecule has 7 heteroatoms. The van der Waals surface area contributed by atoms with Crippen molar-refractivity contribution in [2.75, 3.05) is 5.32 Å². The van der Waals surface area contributed by atoms with Crippen molar-refractivity contribution in [3.8, 4) is 5.75 Å². The van der Waals surface area contributed by atoms with Crippen molar-refractivity contribution >= 4 is 52.1 Å². The predicted octanol–water partition coefficient (Wildman–Crippen LogP) is 4.13. The van der Waals surface area contributed by atoms with Crippen LogP contribution in [0.2, 0.25) is 10.0 Å². The molecule has 2 rings (SSSR count). The molecule has 22 heavy (non-hydrogen) atoms. The molecule has 2 aromatic carbocycles. The summed E-state index contributed by atoms with van der Waals surface area (Å²) in [6, 6.07) is 9.60. The van der Waals surface area contributed by atoms with Crippen LogP contribution in [-0.4, -0.2) is 16.1 Å². The lowest BCUT2D eigenvalue weighted by Crippen LogP contribution is -2.34. The van der Waals surface area contributed by atoms with Crippen LogP contribution in [-0.2, 0) is 0 Å². The normalized spacial score (nSPS) is 10.1. The first-order valence-electron chi connectivity index (χ1n) is 6.24. The summed E-state index contributed by atoms with van der Waals surface area (Å²) in [4.78, 5) is 12.1. The number of aryl methyl sites for hydroxylation is 1. The zero-order chi connectivity index (χ0) is 16.3. The highest BCUT2D eigenvalue weighted by atomic mass is 35.5. The average molecular weight is 355 g/mol. The number of aromatic hydroxyl groups is 1. The van der Waals surface area contributed by atoms with Gasteiger partial charge in [-0.1, -0.05) is 29.3 Å². The van der Waals surface area contributed by atoms with Crippen LogP contribution in [0.1, 0.15) is 15.9 Å². The summed E-state index contributed by atoms with van der Waals surface area (Å²) in [5, 5.41) is 15.8. The highest BCUT2D eigenvalue weighted by Gasteiger charge is 2.13. The Hall–Kier alpha value is -1.82. The highest BCUT2D eigenvalue weighted by Crippen LogP contribution is 2.24. The molecule has 0 radical (unpaired) electrons. The summed E-state index contributed by atoms with van der Waals surface area (Å²) < 4.78 is 0. The number of carbonyl (C=O) groups excluding carboxylic acids is 1. The maximum atomic E-state index is 12.1. The monoisotopic (exact) mass is 354 g/mol. The maximum Gasteiger partial charge on any atom is 0.258 e. The van der Waals surface area contributed by atoms with E-state index in [4.69, 9.17) is 35.4 Å². The summed E-state index contributed by atoms with van der Waals surface area (Å²) in [5.41, 5.74) is 1.56.